The molecule has 116 valence electrons. The van der Waals surface area contributed by atoms with E-state index < -0.39 is 35.3 Å². The quantitative estimate of drug-likeness (QED) is 0.931. The zero-order valence-corrected chi connectivity index (χ0v) is 12.2. The second-order valence-corrected chi connectivity index (χ2v) is 5.49. The van der Waals surface area contributed by atoms with Crippen LogP contribution in [-0.2, 0) is 9.53 Å². The van der Waals surface area contributed by atoms with Gasteiger partial charge in [-0.15, -0.1) is 0 Å². The number of carbonyl (C=O) groups excluding carboxylic acids is 1. The van der Waals surface area contributed by atoms with E-state index in [0.29, 0.717) is 11.0 Å². The standard InChI is InChI=1S/C14H17F2NO4/c1-8(12(18)19)17(13(20)21-14(2,3)4)11-6-9(15)5-10(16)7-11/h5-8H,1-4H3,(H,18,19)/t8-/m0/s1. The molecule has 1 rings (SSSR count). The maximum atomic E-state index is 13.3. The first-order chi connectivity index (χ1) is 9.51. The predicted molar refractivity (Wildman–Crippen MR) is 72.2 cm³/mol. The third kappa shape index (κ3) is 4.70. The molecule has 1 aromatic carbocycles. The van der Waals surface area contributed by atoms with E-state index in [1.54, 1.807) is 20.8 Å². The Labute approximate surface area is 121 Å². The topological polar surface area (TPSA) is 66.8 Å². The van der Waals surface area contributed by atoms with Crippen molar-refractivity contribution >= 4 is 17.7 Å². The number of rotatable bonds is 3. The minimum absolute atomic E-state index is 0.225. The van der Waals surface area contributed by atoms with Gasteiger partial charge in [0.15, 0.2) is 0 Å². The van der Waals surface area contributed by atoms with Crippen LogP contribution in [0.15, 0.2) is 18.2 Å². The Morgan fingerprint density at radius 2 is 1.67 bits per heavy atom. The van der Waals surface area contributed by atoms with Crippen LogP contribution in [0, 0.1) is 11.6 Å². The molecule has 7 heteroatoms. The fourth-order valence-corrected chi connectivity index (χ4v) is 1.59. The molecule has 0 fully saturated rings. The van der Waals surface area contributed by atoms with E-state index in [9.17, 15) is 18.4 Å². The van der Waals surface area contributed by atoms with Crippen molar-refractivity contribution < 1.29 is 28.2 Å². The monoisotopic (exact) mass is 301 g/mol. The van der Waals surface area contributed by atoms with E-state index in [0.717, 1.165) is 12.1 Å². The fourth-order valence-electron chi connectivity index (χ4n) is 1.59. The molecular formula is C14H17F2NO4. The lowest BCUT2D eigenvalue weighted by Gasteiger charge is -2.29. The summed E-state index contributed by atoms with van der Waals surface area (Å²) < 4.78 is 31.7. The number of benzene rings is 1. The van der Waals surface area contributed by atoms with Gasteiger partial charge in [0.25, 0.3) is 0 Å². The summed E-state index contributed by atoms with van der Waals surface area (Å²) in [6.07, 6.45) is -0.998. The average Bonchev–Trinajstić information content (AvgIpc) is 2.24. The van der Waals surface area contributed by atoms with Gasteiger partial charge in [-0.3, -0.25) is 4.90 Å². The summed E-state index contributed by atoms with van der Waals surface area (Å²) >= 11 is 0. The minimum Gasteiger partial charge on any atom is -0.480 e. The Morgan fingerprint density at radius 1 is 1.19 bits per heavy atom. The highest BCUT2D eigenvalue weighted by molar-refractivity contribution is 5.95. The fraction of sp³-hybridized carbons (Fsp3) is 0.429. The summed E-state index contributed by atoms with van der Waals surface area (Å²) in [5, 5.41) is 9.06. The van der Waals surface area contributed by atoms with Crippen LogP contribution in [-0.4, -0.2) is 28.8 Å². The third-order valence-corrected chi connectivity index (χ3v) is 2.46. The van der Waals surface area contributed by atoms with Crippen molar-refractivity contribution in [1.29, 1.82) is 0 Å². The van der Waals surface area contributed by atoms with Crippen LogP contribution in [0.2, 0.25) is 0 Å². The minimum atomic E-state index is -1.35. The van der Waals surface area contributed by atoms with E-state index in [4.69, 9.17) is 9.84 Å². The number of carbonyl (C=O) groups is 2. The summed E-state index contributed by atoms with van der Waals surface area (Å²) in [5.74, 6) is -3.17. The number of ether oxygens (including phenoxy) is 1. The smallest absolute Gasteiger partial charge is 0.415 e. The second kappa shape index (κ2) is 6.07. The Bertz CT molecular complexity index is 534. The first-order valence-corrected chi connectivity index (χ1v) is 6.22. The van der Waals surface area contributed by atoms with Gasteiger partial charge in [0.05, 0.1) is 5.69 Å². The Morgan fingerprint density at radius 3 is 2.05 bits per heavy atom. The first-order valence-electron chi connectivity index (χ1n) is 6.22. The highest BCUT2D eigenvalue weighted by Crippen LogP contribution is 2.23. The highest BCUT2D eigenvalue weighted by atomic mass is 19.1. The molecule has 1 N–H and O–H groups in total. The number of carboxylic acids is 1. The van der Waals surface area contributed by atoms with Crippen molar-refractivity contribution in [2.24, 2.45) is 0 Å². The van der Waals surface area contributed by atoms with Crippen molar-refractivity contribution in [2.75, 3.05) is 4.90 Å². The summed E-state index contributed by atoms with van der Waals surface area (Å²) in [6.45, 7) is 6.01. The second-order valence-electron chi connectivity index (χ2n) is 5.49. The number of anilines is 1. The molecule has 21 heavy (non-hydrogen) atoms. The Kier molecular flexibility index (Phi) is 4.88. The number of aliphatic carboxylic acids is 1. The van der Waals surface area contributed by atoms with Gasteiger partial charge in [0.1, 0.15) is 23.3 Å². The molecule has 0 aliphatic heterocycles. The summed E-state index contributed by atoms with van der Waals surface area (Å²) in [7, 11) is 0. The zero-order chi connectivity index (χ0) is 16.4. The van der Waals surface area contributed by atoms with E-state index in [2.05, 4.69) is 0 Å². The van der Waals surface area contributed by atoms with Gasteiger partial charge in [-0.25, -0.2) is 18.4 Å². The van der Waals surface area contributed by atoms with E-state index in [-0.39, 0.29) is 5.69 Å². The largest absolute Gasteiger partial charge is 0.480 e. The lowest BCUT2D eigenvalue weighted by Crippen LogP contribution is -2.46. The van der Waals surface area contributed by atoms with Gasteiger partial charge in [0, 0.05) is 6.07 Å². The number of halogens is 2. The normalized spacial score (nSPS) is 12.7. The predicted octanol–water partition coefficient (Wildman–Crippen LogP) is 3.18. The lowest BCUT2D eigenvalue weighted by atomic mass is 10.2. The van der Waals surface area contributed by atoms with Crippen LogP contribution < -0.4 is 4.90 Å². The van der Waals surface area contributed by atoms with E-state index >= 15 is 0 Å². The molecule has 1 atom stereocenters. The summed E-state index contributed by atoms with van der Waals surface area (Å²) in [4.78, 5) is 23.9. The molecule has 0 saturated heterocycles. The summed E-state index contributed by atoms with van der Waals surface area (Å²) in [5.41, 5.74) is -1.10. The number of amides is 1. The molecule has 0 spiro atoms. The molecule has 1 amide bonds. The van der Waals surface area contributed by atoms with Crippen molar-refractivity contribution in [3.63, 3.8) is 0 Å². The van der Waals surface area contributed by atoms with Crippen LogP contribution >= 0.6 is 0 Å². The number of hydrogen-bond acceptors (Lipinski definition) is 3. The molecule has 0 aliphatic carbocycles. The summed E-state index contributed by atoms with van der Waals surface area (Å²) in [6, 6.07) is 1.02. The van der Waals surface area contributed by atoms with Crippen LogP contribution in [0.25, 0.3) is 0 Å². The van der Waals surface area contributed by atoms with Gasteiger partial charge in [0.2, 0.25) is 0 Å². The van der Waals surface area contributed by atoms with Crippen molar-refractivity contribution in [2.45, 2.75) is 39.3 Å². The number of carboxylic acid groups (broad SMARTS) is 1. The maximum Gasteiger partial charge on any atom is 0.415 e. The van der Waals surface area contributed by atoms with E-state index in [1.165, 1.54) is 6.92 Å². The highest BCUT2D eigenvalue weighted by Gasteiger charge is 2.31. The number of hydrogen-bond donors (Lipinski definition) is 1. The molecule has 5 nitrogen and oxygen atoms in total. The van der Waals surface area contributed by atoms with Crippen molar-refractivity contribution in [1.82, 2.24) is 0 Å². The van der Waals surface area contributed by atoms with E-state index in [1.807, 2.05) is 0 Å². The zero-order valence-electron chi connectivity index (χ0n) is 12.2. The number of nitrogens with zero attached hydrogens (tertiary/aromatic N) is 1. The Hall–Kier alpha value is -2.18. The molecule has 0 heterocycles. The van der Waals surface area contributed by atoms with Gasteiger partial charge < -0.3 is 9.84 Å². The average molecular weight is 301 g/mol. The molecule has 0 aliphatic rings. The van der Waals surface area contributed by atoms with Gasteiger partial charge in [-0.2, -0.15) is 0 Å². The molecule has 0 saturated carbocycles. The van der Waals surface area contributed by atoms with Crippen LogP contribution in [0.4, 0.5) is 19.3 Å². The van der Waals surface area contributed by atoms with Crippen LogP contribution in [0.1, 0.15) is 27.7 Å². The molecule has 0 unspecified atom stereocenters. The molecule has 1 aromatic rings. The first kappa shape index (κ1) is 16.9. The van der Waals surface area contributed by atoms with Crippen molar-refractivity contribution in [3.05, 3.63) is 29.8 Å². The third-order valence-electron chi connectivity index (χ3n) is 2.46. The van der Waals surface area contributed by atoms with Gasteiger partial charge in [-0.05, 0) is 39.8 Å². The van der Waals surface area contributed by atoms with Crippen LogP contribution in [0.5, 0.6) is 0 Å². The molecule has 0 bridgehead atoms. The molecular weight excluding hydrogens is 284 g/mol. The van der Waals surface area contributed by atoms with Gasteiger partial charge >= 0.3 is 12.1 Å². The molecule has 0 radical (unpaired) electrons. The Balaban J connectivity index is 3.25. The van der Waals surface area contributed by atoms with Crippen molar-refractivity contribution in [3.8, 4) is 0 Å². The SMILES string of the molecule is C[C@@H](C(=O)O)N(C(=O)OC(C)(C)C)c1cc(F)cc(F)c1. The maximum absolute atomic E-state index is 13.3. The molecule has 0 aromatic heterocycles. The van der Waals surface area contributed by atoms with Crippen LogP contribution in [0.3, 0.4) is 0 Å². The van der Waals surface area contributed by atoms with Gasteiger partial charge in [-0.1, -0.05) is 0 Å². The lowest BCUT2D eigenvalue weighted by molar-refractivity contribution is -0.138.